The number of nitrogens with one attached hydrogen (secondary N) is 2. The smallest absolute Gasteiger partial charge is 0.299 e. The van der Waals surface area contributed by atoms with Crippen molar-refractivity contribution in [2.45, 2.75) is 38.1 Å². The topological polar surface area (TPSA) is 105 Å². The number of ether oxygens (including phenoxy) is 1. The lowest BCUT2D eigenvalue weighted by atomic mass is 10.2. The third kappa shape index (κ3) is 4.18. The van der Waals surface area contributed by atoms with Gasteiger partial charge in [-0.15, -0.1) is 0 Å². The first kappa shape index (κ1) is 18.3. The molecule has 25 heavy (non-hydrogen) atoms. The summed E-state index contributed by atoms with van der Waals surface area (Å²) in [5, 5.41) is 0. The van der Waals surface area contributed by atoms with Crippen LogP contribution in [0.25, 0.3) is 0 Å². The molecule has 0 atom stereocenters. The Bertz CT molecular complexity index is 833. The predicted octanol–water partition coefficient (Wildman–Crippen LogP) is 1.42. The number of benzene rings is 1. The summed E-state index contributed by atoms with van der Waals surface area (Å²) in [4.78, 5) is 0. The lowest BCUT2D eigenvalue weighted by Gasteiger charge is -2.21. The van der Waals surface area contributed by atoms with Gasteiger partial charge in [0.15, 0.2) is 0 Å². The summed E-state index contributed by atoms with van der Waals surface area (Å²) in [6.07, 6.45) is 4.24. The molecule has 0 aromatic heterocycles. The van der Waals surface area contributed by atoms with E-state index >= 15 is 0 Å². The van der Waals surface area contributed by atoms with E-state index in [1.54, 1.807) is 12.1 Å². The Morgan fingerprint density at radius 2 is 1.92 bits per heavy atom. The molecule has 8 nitrogen and oxygen atoms in total. The third-order valence-corrected chi connectivity index (χ3v) is 7.48. The van der Waals surface area contributed by atoms with Crippen molar-refractivity contribution in [1.82, 2.24) is 4.72 Å². The average Bonchev–Trinajstić information content (AvgIpc) is 3.15. The molecule has 0 spiro atoms. The van der Waals surface area contributed by atoms with Crippen molar-refractivity contribution in [2.24, 2.45) is 0 Å². The molecule has 1 aromatic carbocycles. The molecule has 0 unspecified atom stereocenters. The molecule has 140 valence electrons. The van der Waals surface area contributed by atoms with Gasteiger partial charge < -0.3 is 4.74 Å². The number of anilines is 2. The lowest BCUT2D eigenvalue weighted by molar-refractivity contribution is 0.415. The second-order valence-corrected chi connectivity index (χ2v) is 9.79. The number of hydrogen-bond acceptors (Lipinski definition) is 5. The summed E-state index contributed by atoms with van der Waals surface area (Å²) in [6.45, 7) is 0.356. The second-order valence-electron chi connectivity index (χ2n) is 6.33. The van der Waals surface area contributed by atoms with Crippen LogP contribution in [0.2, 0.25) is 0 Å². The molecular weight excluding hydrogens is 366 g/mol. The van der Waals surface area contributed by atoms with Gasteiger partial charge in [-0.25, -0.2) is 8.42 Å². The molecule has 0 radical (unpaired) electrons. The van der Waals surface area contributed by atoms with E-state index in [9.17, 15) is 16.8 Å². The minimum Gasteiger partial charge on any atom is -0.495 e. The zero-order valence-corrected chi connectivity index (χ0v) is 15.7. The van der Waals surface area contributed by atoms with Crippen LogP contribution in [0.5, 0.6) is 5.75 Å². The molecule has 1 heterocycles. The Hall–Kier alpha value is -1.52. The highest BCUT2D eigenvalue weighted by molar-refractivity contribution is 7.93. The maximum absolute atomic E-state index is 12.3. The summed E-state index contributed by atoms with van der Waals surface area (Å²) >= 11 is 0. The van der Waals surface area contributed by atoms with Crippen LogP contribution in [-0.2, 0) is 20.2 Å². The Labute approximate surface area is 148 Å². The Balaban J connectivity index is 1.84. The molecule has 2 aliphatic rings. The SMILES string of the molecule is COc1ccc(NS(=O)(=O)NC2CCCC2)cc1N1CCCS1(=O)=O. The van der Waals surface area contributed by atoms with Gasteiger partial charge in [0.05, 0.1) is 24.2 Å². The van der Waals surface area contributed by atoms with Crippen molar-refractivity contribution in [3.8, 4) is 5.75 Å². The highest BCUT2D eigenvalue weighted by Gasteiger charge is 2.31. The summed E-state index contributed by atoms with van der Waals surface area (Å²) in [5.74, 6) is 0.465. The van der Waals surface area contributed by atoms with Crippen LogP contribution in [0.15, 0.2) is 18.2 Å². The number of rotatable bonds is 6. The van der Waals surface area contributed by atoms with Gasteiger partial charge in [-0.3, -0.25) is 9.03 Å². The molecule has 1 saturated heterocycles. The van der Waals surface area contributed by atoms with Crippen LogP contribution >= 0.6 is 0 Å². The number of methoxy groups -OCH3 is 1. The average molecular weight is 389 g/mol. The first-order valence-electron chi connectivity index (χ1n) is 8.29. The van der Waals surface area contributed by atoms with Crippen molar-refractivity contribution in [1.29, 1.82) is 0 Å². The zero-order valence-electron chi connectivity index (χ0n) is 14.1. The van der Waals surface area contributed by atoms with Crippen LogP contribution in [0.4, 0.5) is 11.4 Å². The van der Waals surface area contributed by atoms with Gasteiger partial charge in [0.2, 0.25) is 10.0 Å². The molecule has 2 fully saturated rings. The van der Waals surface area contributed by atoms with Gasteiger partial charge in [-0.1, -0.05) is 12.8 Å². The Morgan fingerprint density at radius 1 is 1.20 bits per heavy atom. The number of sulfonamides is 1. The van der Waals surface area contributed by atoms with E-state index in [4.69, 9.17) is 4.74 Å². The predicted molar refractivity (Wildman–Crippen MR) is 96.7 cm³/mol. The normalized spacial score (nSPS) is 20.8. The van der Waals surface area contributed by atoms with E-state index in [1.807, 2.05) is 0 Å². The van der Waals surface area contributed by atoms with Crippen molar-refractivity contribution >= 4 is 31.6 Å². The van der Waals surface area contributed by atoms with Gasteiger partial charge in [-0.2, -0.15) is 13.1 Å². The minimum absolute atomic E-state index is 0.0471. The van der Waals surface area contributed by atoms with Crippen LogP contribution in [0.1, 0.15) is 32.1 Å². The third-order valence-electron chi connectivity index (χ3n) is 4.48. The first-order chi connectivity index (χ1) is 11.8. The van der Waals surface area contributed by atoms with Crippen LogP contribution < -0.4 is 18.5 Å². The monoisotopic (exact) mass is 389 g/mol. The Kier molecular flexibility index (Phi) is 5.12. The van der Waals surface area contributed by atoms with E-state index in [0.717, 1.165) is 25.7 Å². The highest BCUT2D eigenvalue weighted by atomic mass is 32.2. The summed E-state index contributed by atoms with van der Waals surface area (Å²) < 4.78 is 60.5. The van der Waals surface area contributed by atoms with Gasteiger partial charge in [0.1, 0.15) is 5.75 Å². The van der Waals surface area contributed by atoms with E-state index in [-0.39, 0.29) is 11.8 Å². The van der Waals surface area contributed by atoms with Crippen LogP contribution in [0.3, 0.4) is 0 Å². The fraction of sp³-hybridized carbons (Fsp3) is 0.600. The molecule has 1 saturated carbocycles. The maximum atomic E-state index is 12.3. The molecule has 10 heteroatoms. The number of nitrogens with zero attached hydrogens (tertiary/aromatic N) is 1. The van der Waals surface area contributed by atoms with E-state index in [0.29, 0.717) is 30.1 Å². The minimum atomic E-state index is -3.72. The van der Waals surface area contributed by atoms with E-state index in [2.05, 4.69) is 9.44 Å². The number of hydrogen-bond donors (Lipinski definition) is 2. The quantitative estimate of drug-likeness (QED) is 0.766. The molecule has 1 aliphatic carbocycles. The molecule has 2 N–H and O–H groups in total. The molecular formula is C15H23N3O5S2. The second kappa shape index (κ2) is 7.00. The van der Waals surface area contributed by atoms with E-state index in [1.165, 1.54) is 17.5 Å². The fourth-order valence-electron chi connectivity index (χ4n) is 3.31. The van der Waals surface area contributed by atoms with Gasteiger partial charge >= 0.3 is 0 Å². The molecule has 1 aromatic rings. The van der Waals surface area contributed by atoms with Gasteiger partial charge in [0, 0.05) is 12.6 Å². The van der Waals surface area contributed by atoms with Gasteiger partial charge in [-0.05, 0) is 37.5 Å². The first-order valence-corrected chi connectivity index (χ1v) is 11.4. The Morgan fingerprint density at radius 3 is 2.52 bits per heavy atom. The summed E-state index contributed by atoms with van der Waals surface area (Å²) in [7, 11) is -5.66. The molecule has 0 bridgehead atoms. The standard InChI is InChI=1S/C15H23N3O5S2/c1-23-15-8-7-13(11-14(15)18-9-4-10-24(18,19)20)17-25(21,22)16-12-5-2-3-6-12/h7-8,11-12,16-17H,2-6,9-10H2,1H3. The van der Waals surface area contributed by atoms with Crippen molar-refractivity contribution < 1.29 is 21.6 Å². The fourth-order valence-corrected chi connectivity index (χ4v) is 6.04. The summed E-state index contributed by atoms with van der Waals surface area (Å²) in [5.41, 5.74) is 0.643. The summed E-state index contributed by atoms with van der Waals surface area (Å²) in [6, 6.07) is 4.57. The van der Waals surface area contributed by atoms with Crippen LogP contribution in [-0.4, -0.2) is 42.3 Å². The van der Waals surface area contributed by atoms with Crippen molar-refractivity contribution in [3.63, 3.8) is 0 Å². The zero-order chi connectivity index (χ0) is 18.1. The van der Waals surface area contributed by atoms with Crippen molar-refractivity contribution in [2.75, 3.05) is 28.4 Å². The largest absolute Gasteiger partial charge is 0.495 e. The van der Waals surface area contributed by atoms with Crippen molar-refractivity contribution in [3.05, 3.63) is 18.2 Å². The maximum Gasteiger partial charge on any atom is 0.299 e. The highest BCUT2D eigenvalue weighted by Crippen LogP contribution is 2.35. The molecule has 1 aliphatic heterocycles. The molecule has 0 amide bonds. The van der Waals surface area contributed by atoms with Crippen LogP contribution in [0, 0.1) is 0 Å². The lowest BCUT2D eigenvalue weighted by Crippen LogP contribution is -2.37. The molecule has 3 rings (SSSR count). The van der Waals surface area contributed by atoms with Gasteiger partial charge in [0.25, 0.3) is 10.2 Å². The van der Waals surface area contributed by atoms with E-state index < -0.39 is 20.2 Å².